The summed E-state index contributed by atoms with van der Waals surface area (Å²) in [6.07, 6.45) is 2.91. The molecule has 0 fully saturated rings. The number of anilines is 1. The number of nitrogens with zero attached hydrogens (tertiary/aromatic N) is 1. The van der Waals surface area contributed by atoms with E-state index < -0.39 is 11.9 Å². The van der Waals surface area contributed by atoms with Gasteiger partial charge in [0.1, 0.15) is 0 Å². The van der Waals surface area contributed by atoms with E-state index in [1.54, 1.807) is 24.4 Å². The molecule has 0 aliphatic rings. The number of nitrogens with one attached hydrogen (secondary N) is 1. The molecule has 0 atom stereocenters. The van der Waals surface area contributed by atoms with Crippen LogP contribution in [0.5, 0.6) is 0 Å². The van der Waals surface area contributed by atoms with Crippen molar-refractivity contribution in [2.24, 2.45) is 0 Å². The highest BCUT2D eigenvalue weighted by atomic mass is 16.4. The lowest BCUT2D eigenvalue weighted by Gasteiger charge is -2.06. The summed E-state index contributed by atoms with van der Waals surface area (Å²) in [6.45, 7) is 1.83. The van der Waals surface area contributed by atoms with Crippen LogP contribution in [0.25, 0.3) is 11.3 Å². The average molecular weight is 246 g/mol. The Balaban J connectivity index is 2.25. The number of carbonyl (C=O) groups is 2. The fraction of sp³-hybridized carbons (Fsp3) is 0.0833. The number of amides is 1. The molecule has 2 rings (SSSR count). The summed E-state index contributed by atoms with van der Waals surface area (Å²) in [7, 11) is 0. The first-order valence-corrected chi connectivity index (χ1v) is 5.11. The van der Waals surface area contributed by atoms with Crippen LogP contribution in [-0.4, -0.2) is 22.0 Å². The van der Waals surface area contributed by atoms with Crippen LogP contribution in [0.15, 0.2) is 35.2 Å². The fourth-order valence-corrected chi connectivity index (χ4v) is 1.55. The highest BCUT2D eigenvalue weighted by molar-refractivity contribution is 6.36. The Morgan fingerprint density at radius 1 is 1.39 bits per heavy atom. The number of aryl methyl sites for hydroxylation is 1. The van der Waals surface area contributed by atoms with Crippen molar-refractivity contribution in [3.8, 4) is 11.3 Å². The van der Waals surface area contributed by atoms with Crippen molar-refractivity contribution in [2.45, 2.75) is 6.92 Å². The van der Waals surface area contributed by atoms with Crippen LogP contribution in [-0.2, 0) is 9.59 Å². The van der Waals surface area contributed by atoms with Crippen LogP contribution in [0.1, 0.15) is 5.56 Å². The molecule has 1 aromatic heterocycles. The molecular formula is C12H10N2O4. The lowest BCUT2D eigenvalue weighted by atomic mass is 10.1. The Morgan fingerprint density at radius 3 is 2.72 bits per heavy atom. The molecule has 0 saturated heterocycles. The summed E-state index contributed by atoms with van der Waals surface area (Å²) < 4.78 is 5.17. The van der Waals surface area contributed by atoms with Crippen molar-refractivity contribution in [3.05, 3.63) is 36.4 Å². The number of hydrogen-bond donors (Lipinski definition) is 2. The van der Waals surface area contributed by atoms with E-state index in [0.717, 1.165) is 11.1 Å². The summed E-state index contributed by atoms with van der Waals surface area (Å²) in [4.78, 5) is 25.2. The first-order valence-electron chi connectivity index (χ1n) is 5.11. The van der Waals surface area contributed by atoms with E-state index in [4.69, 9.17) is 9.52 Å². The number of rotatable bonds is 2. The molecule has 0 aliphatic heterocycles. The second-order valence-electron chi connectivity index (χ2n) is 3.65. The lowest BCUT2D eigenvalue weighted by molar-refractivity contribution is -0.147. The molecular weight excluding hydrogens is 236 g/mol. The minimum Gasteiger partial charge on any atom is -0.474 e. The van der Waals surface area contributed by atoms with Gasteiger partial charge in [0.25, 0.3) is 0 Å². The van der Waals surface area contributed by atoms with Gasteiger partial charge in [-0.15, -0.1) is 0 Å². The Hall–Kier alpha value is -2.63. The predicted octanol–water partition coefficient (Wildman–Crippen LogP) is 1.67. The van der Waals surface area contributed by atoms with Gasteiger partial charge in [0.2, 0.25) is 0 Å². The molecule has 92 valence electrons. The standard InChI is InChI=1S/C12H10N2O4/c1-7-4-8(14-11(15)12(16)17)2-3-9(7)10-5-13-6-18-10/h2-6H,1H3,(H,14,15)(H,16,17). The molecule has 1 amide bonds. The summed E-state index contributed by atoms with van der Waals surface area (Å²) in [5, 5.41) is 10.8. The first-order chi connectivity index (χ1) is 8.58. The molecule has 6 nitrogen and oxygen atoms in total. The zero-order chi connectivity index (χ0) is 13.1. The molecule has 0 radical (unpaired) electrons. The van der Waals surface area contributed by atoms with Crippen molar-refractivity contribution in [1.29, 1.82) is 0 Å². The molecule has 6 heteroatoms. The van der Waals surface area contributed by atoms with Crippen LogP contribution in [0.4, 0.5) is 5.69 Å². The van der Waals surface area contributed by atoms with Crippen molar-refractivity contribution in [1.82, 2.24) is 4.98 Å². The molecule has 0 unspecified atom stereocenters. The van der Waals surface area contributed by atoms with Gasteiger partial charge in [-0.1, -0.05) is 0 Å². The molecule has 0 aliphatic carbocycles. The first kappa shape index (κ1) is 11.8. The van der Waals surface area contributed by atoms with E-state index >= 15 is 0 Å². The third-order valence-corrected chi connectivity index (χ3v) is 2.38. The molecule has 2 aromatic rings. The smallest absolute Gasteiger partial charge is 0.394 e. The van der Waals surface area contributed by atoms with Crippen LogP contribution in [0.3, 0.4) is 0 Å². The Bertz CT molecular complexity index is 590. The normalized spacial score (nSPS) is 10.1. The van der Waals surface area contributed by atoms with Crippen LogP contribution in [0.2, 0.25) is 0 Å². The average Bonchev–Trinajstić information content (AvgIpc) is 2.82. The van der Waals surface area contributed by atoms with Crippen LogP contribution < -0.4 is 5.32 Å². The maximum atomic E-state index is 11.0. The number of oxazole rings is 1. The highest BCUT2D eigenvalue weighted by Gasteiger charge is 2.12. The summed E-state index contributed by atoms with van der Waals surface area (Å²) >= 11 is 0. The van der Waals surface area contributed by atoms with E-state index in [0.29, 0.717) is 11.4 Å². The zero-order valence-electron chi connectivity index (χ0n) is 9.51. The number of hydrogen-bond acceptors (Lipinski definition) is 4. The quantitative estimate of drug-likeness (QED) is 0.786. The monoisotopic (exact) mass is 246 g/mol. The lowest BCUT2D eigenvalue weighted by Crippen LogP contribution is -2.21. The minimum absolute atomic E-state index is 0.420. The number of aromatic nitrogens is 1. The third kappa shape index (κ3) is 2.37. The highest BCUT2D eigenvalue weighted by Crippen LogP contribution is 2.25. The fourth-order valence-electron chi connectivity index (χ4n) is 1.55. The van der Waals surface area contributed by atoms with Gasteiger partial charge >= 0.3 is 11.9 Å². The zero-order valence-corrected chi connectivity index (χ0v) is 9.51. The minimum atomic E-state index is -1.52. The number of carboxylic acids is 1. The molecule has 0 saturated carbocycles. The molecule has 2 N–H and O–H groups in total. The molecule has 1 aromatic carbocycles. The van der Waals surface area contributed by atoms with Gasteiger partial charge in [-0.25, -0.2) is 9.78 Å². The van der Waals surface area contributed by atoms with Gasteiger partial charge < -0.3 is 14.8 Å². The van der Waals surface area contributed by atoms with E-state index in [9.17, 15) is 9.59 Å². The number of aliphatic carboxylic acids is 1. The van der Waals surface area contributed by atoms with E-state index in [2.05, 4.69) is 10.3 Å². The summed E-state index contributed by atoms with van der Waals surface area (Å²) in [5.41, 5.74) is 2.10. The summed E-state index contributed by atoms with van der Waals surface area (Å²) in [6, 6.07) is 5.00. The Kier molecular flexibility index (Phi) is 3.09. The predicted molar refractivity (Wildman–Crippen MR) is 62.9 cm³/mol. The van der Waals surface area contributed by atoms with E-state index in [-0.39, 0.29) is 0 Å². The molecule has 1 heterocycles. The third-order valence-electron chi connectivity index (χ3n) is 2.38. The maximum Gasteiger partial charge on any atom is 0.394 e. The van der Waals surface area contributed by atoms with Gasteiger partial charge in [-0.05, 0) is 30.7 Å². The van der Waals surface area contributed by atoms with Crippen molar-refractivity contribution in [3.63, 3.8) is 0 Å². The maximum absolute atomic E-state index is 11.0. The van der Waals surface area contributed by atoms with Gasteiger partial charge in [-0.3, -0.25) is 4.79 Å². The SMILES string of the molecule is Cc1cc(NC(=O)C(=O)O)ccc1-c1cnco1. The van der Waals surface area contributed by atoms with Gasteiger partial charge in [0.15, 0.2) is 12.2 Å². The second-order valence-corrected chi connectivity index (χ2v) is 3.65. The molecule has 0 spiro atoms. The van der Waals surface area contributed by atoms with Crippen LogP contribution in [0, 0.1) is 6.92 Å². The van der Waals surface area contributed by atoms with Gasteiger partial charge in [-0.2, -0.15) is 0 Å². The molecule has 18 heavy (non-hydrogen) atoms. The Labute approximate surface area is 102 Å². The number of benzene rings is 1. The van der Waals surface area contributed by atoms with Crippen LogP contribution >= 0.6 is 0 Å². The summed E-state index contributed by atoms with van der Waals surface area (Å²) in [5.74, 6) is -1.97. The van der Waals surface area contributed by atoms with E-state index in [1.165, 1.54) is 6.39 Å². The number of carbonyl (C=O) groups excluding carboxylic acids is 1. The van der Waals surface area contributed by atoms with Crippen molar-refractivity contribution in [2.75, 3.05) is 5.32 Å². The van der Waals surface area contributed by atoms with Gasteiger partial charge in [0.05, 0.1) is 6.20 Å². The topological polar surface area (TPSA) is 92.4 Å². The van der Waals surface area contributed by atoms with Gasteiger partial charge in [0, 0.05) is 11.3 Å². The second kappa shape index (κ2) is 4.70. The largest absolute Gasteiger partial charge is 0.474 e. The van der Waals surface area contributed by atoms with Crippen molar-refractivity contribution < 1.29 is 19.1 Å². The molecule has 0 bridgehead atoms. The van der Waals surface area contributed by atoms with Crippen molar-refractivity contribution >= 4 is 17.6 Å². The number of carboxylic acid groups (broad SMARTS) is 1. The Morgan fingerprint density at radius 2 is 2.17 bits per heavy atom. The van der Waals surface area contributed by atoms with E-state index in [1.807, 2.05) is 6.92 Å².